The van der Waals surface area contributed by atoms with E-state index in [1.807, 2.05) is 19.1 Å². The Balaban J connectivity index is 1.80. The fraction of sp³-hybridized carbons (Fsp3) is 0.333. The predicted octanol–water partition coefficient (Wildman–Crippen LogP) is 2.77. The van der Waals surface area contributed by atoms with Gasteiger partial charge in [0.25, 0.3) is 0 Å². The smallest absolute Gasteiger partial charge is 0.311 e. The third kappa shape index (κ3) is 6.11. The Labute approximate surface area is 204 Å². The summed E-state index contributed by atoms with van der Waals surface area (Å²) in [5, 5.41) is 0. The Kier molecular flexibility index (Phi) is 7.27. The normalized spacial score (nSPS) is 15.7. The molecule has 11 heteroatoms. The second-order valence-electron chi connectivity index (χ2n) is 8.28. The quantitative estimate of drug-likeness (QED) is 0.294. The highest BCUT2D eigenvalue weighted by molar-refractivity contribution is 7.87. The van der Waals surface area contributed by atoms with E-state index < -0.39 is 16.2 Å². The van der Waals surface area contributed by atoms with E-state index in [9.17, 15) is 8.42 Å². The van der Waals surface area contributed by atoms with Crippen molar-refractivity contribution in [3.05, 3.63) is 53.7 Å². The number of anilines is 3. The highest BCUT2D eigenvalue weighted by Gasteiger charge is 2.27. The summed E-state index contributed by atoms with van der Waals surface area (Å²) >= 11 is 0. The molecule has 0 bridgehead atoms. The van der Waals surface area contributed by atoms with Crippen LogP contribution in [-0.2, 0) is 21.3 Å². The molecule has 0 aliphatic carbocycles. The van der Waals surface area contributed by atoms with Gasteiger partial charge in [0.15, 0.2) is 5.75 Å². The molecule has 35 heavy (non-hydrogen) atoms. The SMILES string of the molecule is CCOc1cc(Cc2cnc(N)nc2N)cc(OS(=O)(=O)CC2CCCO2)c1-c1cccc(N)c1. The maximum absolute atomic E-state index is 13.0. The van der Waals surface area contributed by atoms with Crippen LogP contribution in [0, 0.1) is 0 Å². The molecule has 2 aromatic carbocycles. The maximum Gasteiger partial charge on any atom is 0.311 e. The summed E-state index contributed by atoms with van der Waals surface area (Å²) in [5.41, 5.74) is 20.6. The Morgan fingerprint density at radius 1 is 1.14 bits per heavy atom. The van der Waals surface area contributed by atoms with Crippen LogP contribution in [0.3, 0.4) is 0 Å². The summed E-state index contributed by atoms with van der Waals surface area (Å²) in [4.78, 5) is 8.01. The van der Waals surface area contributed by atoms with Crippen LogP contribution < -0.4 is 26.1 Å². The predicted molar refractivity (Wildman–Crippen MR) is 135 cm³/mol. The van der Waals surface area contributed by atoms with Crippen LogP contribution >= 0.6 is 0 Å². The van der Waals surface area contributed by atoms with E-state index in [0.717, 1.165) is 6.42 Å². The van der Waals surface area contributed by atoms with Crippen molar-refractivity contribution in [2.75, 3.05) is 36.2 Å². The molecule has 1 atom stereocenters. The van der Waals surface area contributed by atoms with Crippen LogP contribution in [0.5, 0.6) is 11.5 Å². The zero-order chi connectivity index (χ0) is 25.0. The first-order chi connectivity index (χ1) is 16.7. The molecule has 4 rings (SSSR count). The average molecular weight is 500 g/mol. The minimum atomic E-state index is -3.97. The number of hydrogen-bond donors (Lipinski definition) is 3. The van der Waals surface area contributed by atoms with Gasteiger partial charge in [-0.3, -0.25) is 0 Å². The van der Waals surface area contributed by atoms with Crippen molar-refractivity contribution in [1.82, 2.24) is 9.97 Å². The van der Waals surface area contributed by atoms with Crippen LogP contribution in [0.15, 0.2) is 42.6 Å². The van der Waals surface area contributed by atoms with Crippen LogP contribution in [0.25, 0.3) is 11.1 Å². The van der Waals surface area contributed by atoms with Gasteiger partial charge in [0.1, 0.15) is 17.3 Å². The van der Waals surface area contributed by atoms with Gasteiger partial charge in [-0.15, -0.1) is 0 Å². The van der Waals surface area contributed by atoms with Crippen molar-refractivity contribution in [3.8, 4) is 22.6 Å². The average Bonchev–Trinajstić information content (AvgIpc) is 3.28. The molecular formula is C24H29N5O5S. The van der Waals surface area contributed by atoms with Crippen molar-refractivity contribution >= 4 is 27.6 Å². The van der Waals surface area contributed by atoms with Crippen molar-refractivity contribution in [2.45, 2.75) is 32.3 Å². The van der Waals surface area contributed by atoms with Crippen LogP contribution in [-0.4, -0.2) is 43.5 Å². The van der Waals surface area contributed by atoms with Gasteiger partial charge in [-0.25, -0.2) is 4.98 Å². The number of nitrogens with zero attached hydrogens (tertiary/aromatic N) is 2. The Hall–Kier alpha value is -3.57. The van der Waals surface area contributed by atoms with Crippen molar-refractivity contribution in [1.29, 1.82) is 0 Å². The summed E-state index contributed by atoms with van der Waals surface area (Å²) in [6, 6.07) is 10.6. The first kappa shape index (κ1) is 24.6. The van der Waals surface area contributed by atoms with Gasteiger partial charge >= 0.3 is 10.1 Å². The number of hydrogen-bond acceptors (Lipinski definition) is 10. The molecule has 1 aliphatic rings. The number of nitrogens with two attached hydrogens (primary N) is 3. The fourth-order valence-electron chi connectivity index (χ4n) is 4.02. The minimum absolute atomic E-state index is 0.0718. The standard InChI is InChI=1S/C24H29N5O5S/c1-2-32-20-10-15(9-17-13-28-24(27)29-23(17)26)11-21(22(20)16-5-3-6-18(25)12-16)34-35(30,31)14-19-7-4-8-33-19/h3,5-6,10-13,19H,2,4,7-9,14,25H2,1H3,(H4,26,27,28,29). The zero-order valence-corrected chi connectivity index (χ0v) is 20.3. The number of benzene rings is 2. The van der Waals surface area contributed by atoms with Gasteiger partial charge in [-0.05, 0) is 55.2 Å². The van der Waals surface area contributed by atoms with Crippen LogP contribution in [0.2, 0.25) is 0 Å². The highest BCUT2D eigenvalue weighted by Crippen LogP contribution is 2.42. The molecule has 2 heterocycles. The lowest BCUT2D eigenvalue weighted by Crippen LogP contribution is -2.24. The van der Waals surface area contributed by atoms with E-state index in [-0.39, 0.29) is 23.3 Å². The molecular weight excluding hydrogens is 470 g/mol. The van der Waals surface area contributed by atoms with Gasteiger partial charge in [-0.2, -0.15) is 13.4 Å². The molecule has 0 saturated carbocycles. The second kappa shape index (κ2) is 10.4. The van der Waals surface area contributed by atoms with Crippen molar-refractivity contribution < 1.29 is 22.1 Å². The molecule has 1 fully saturated rings. The van der Waals surface area contributed by atoms with E-state index in [2.05, 4.69) is 9.97 Å². The zero-order valence-electron chi connectivity index (χ0n) is 19.4. The van der Waals surface area contributed by atoms with Crippen molar-refractivity contribution in [3.63, 3.8) is 0 Å². The molecule has 1 aromatic heterocycles. The largest absolute Gasteiger partial charge is 0.493 e. The third-order valence-corrected chi connectivity index (χ3v) is 6.76. The highest BCUT2D eigenvalue weighted by atomic mass is 32.2. The molecule has 3 aromatic rings. The van der Waals surface area contributed by atoms with Crippen LogP contribution in [0.4, 0.5) is 17.5 Å². The number of rotatable bonds is 9. The van der Waals surface area contributed by atoms with Gasteiger partial charge in [-0.1, -0.05) is 12.1 Å². The lowest BCUT2D eigenvalue weighted by molar-refractivity contribution is 0.126. The maximum atomic E-state index is 13.0. The van der Waals surface area contributed by atoms with Gasteiger partial charge in [0.2, 0.25) is 5.95 Å². The summed E-state index contributed by atoms with van der Waals surface area (Å²) in [6.07, 6.45) is 2.95. The second-order valence-corrected chi connectivity index (χ2v) is 9.90. The first-order valence-electron chi connectivity index (χ1n) is 11.3. The summed E-state index contributed by atoms with van der Waals surface area (Å²) in [5.74, 6) is 0.653. The number of ether oxygens (including phenoxy) is 2. The molecule has 1 unspecified atom stereocenters. The van der Waals surface area contributed by atoms with E-state index in [1.54, 1.807) is 30.5 Å². The van der Waals surface area contributed by atoms with E-state index in [4.69, 9.17) is 30.9 Å². The summed E-state index contributed by atoms with van der Waals surface area (Å²) in [6.45, 7) is 2.74. The lowest BCUT2D eigenvalue weighted by Gasteiger charge is -2.19. The minimum Gasteiger partial charge on any atom is -0.493 e. The monoisotopic (exact) mass is 499 g/mol. The summed E-state index contributed by atoms with van der Waals surface area (Å²) < 4.78 is 43.2. The topological polar surface area (TPSA) is 166 Å². The Morgan fingerprint density at radius 3 is 2.63 bits per heavy atom. The van der Waals surface area contributed by atoms with E-state index in [0.29, 0.717) is 59.7 Å². The van der Waals surface area contributed by atoms with Gasteiger partial charge < -0.3 is 30.9 Å². The molecule has 1 saturated heterocycles. The molecule has 1 aliphatic heterocycles. The molecule has 186 valence electrons. The number of nitrogen functional groups attached to an aromatic ring is 3. The first-order valence-corrected chi connectivity index (χ1v) is 12.9. The third-order valence-electron chi connectivity index (χ3n) is 5.54. The molecule has 0 spiro atoms. The number of aromatic nitrogens is 2. The fourth-order valence-corrected chi connectivity index (χ4v) is 5.22. The Morgan fingerprint density at radius 2 is 1.94 bits per heavy atom. The Bertz CT molecular complexity index is 1310. The molecule has 6 N–H and O–H groups in total. The van der Waals surface area contributed by atoms with Gasteiger partial charge in [0, 0.05) is 30.5 Å². The lowest BCUT2D eigenvalue weighted by atomic mass is 9.98. The molecule has 0 amide bonds. The molecule has 0 radical (unpaired) electrons. The van der Waals surface area contributed by atoms with E-state index >= 15 is 0 Å². The van der Waals surface area contributed by atoms with Gasteiger partial charge in [0.05, 0.1) is 18.3 Å². The molecule has 10 nitrogen and oxygen atoms in total. The van der Waals surface area contributed by atoms with Crippen molar-refractivity contribution in [2.24, 2.45) is 0 Å². The summed E-state index contributed by atoms with van der Waals surface area (Å²) in [7, 11) is -3.97. The van der Waals surface area contributed by atoms with Crippen LogP contribution in [0.1, 0.15) is 30.9 Å². The van der Waals surface area contributed by atoms with E-state index in [1.165, 1.54) is 0 Å².